The molecule has 0 aliphatic heterocycles. The molecule has 3 aromatic heterocycles. The molecule has 0 fully saturated rings. The Labute approximate surface area is 237 Å². The predicted octanol–water partition coefficient (Wildman–Crippen LogP) is 9.10. The minimum absolute atomic E-state index is 0.685. The fraction of sp³-hybridized carbons (Fsp3) is 0. The maximum atomic E-state index is 5.17. The van der Waals surface area contributed by atoms with Gasteiger partial charge in [0.15, 0.2) is 5.82 Å². The molecule has 0 amide bonds. The average molecular weight is 525 g/mol. The third-order valence-corrected chi connectivity index (χ3v) is 7.57. The topological polar surface area (TPSA) is 43.1 Å². The van der Waals surface area contributed by atoms with Crippen LogP contribution in [0.5, 0.6) is 0 Å². The van der Waals surface area contributed by atoms with Gasteiger partial charge in [-0.25, -0.2) is 15.0 Å². The number of fused-ring (bicyclic) bond motifs is 5. The van der Waals surface area contributed by atoms with Gasteiger partial charge in [-0.05, 0) is 36.4 Å². The molecule has 0 unspecified atom stereocenters. The van der Waals surface area contributed by atoms with Crippen LogP contribution in [0.4, 0.5) is 0 Å². The molecule has 0 saturated carbocycles. The number of aromatic nitrogens is 4. The summed E-state index contributed by atoms with van der Waals surface area (Å²) in [5.74, 6) is 0.685. The number of hydrogen-bond acceptors (Lipinski definition) is 3. The smallest absolute Gasteiger partial charge is 0.160 e. The van der Waals surface area contributed by atoms with Crippen LogP contribution in [-0.4, -0.2) is 19.4 Å². The van der Waals surface area contributed by atoms with Crippen molar-refractivity contribution in [3.63, 3.8) is 0 Å². The largest absolute Gasteiger partial charge is 0.306 e. The first-order valence-corrected chi connectivity index (χ1v) is 13.7. The molecule has 8 rings (SSSR count). The van der Waals surface area contributed by atoms with E-state index in [9.17, 15) is 0 Å². The molecule has 8 aromatic rings. The van der Waals surface area contributed by atoms with Crippen molar-refractivity contribution < 1.29 is 0 Å². The Hall–Kier alpha value is -5.61. The van der Waals surface area contributed by atoms with Gasteiger partial charge in [0.2, 0.25) is 0 Å². The van der Waals surface area contributed by atoms with Gasteiger partial charge in [-0.2, -0.15) is 0 Å². The van der Waals surface area contributed by atoms with Crippen LogP contribution in [-0.2, 0) is 0 Å². The van der Waals surface area contributed by atoms with Crippen molar-refractivity contribution in [1.82, 2.24) is 19.4 Å². The summed E-state index contributed by atoms with van der Waals surface area (Å²) >= 11 is 0. The Balaban J connectivity index is 1.35. The SMILES string of the molecule is c1ccc(-c2cc(-c3ccccc3)nc(-c3cccc(-c4nc5ccccc5n5c4cc4ccccc45)c3)n2)cc1. The van der Waals surface area contributed by atoms with E-state index in [1.807, 2.05) is 42.5 Å². The summed E-state index contributed by atoms with van der Waals surface area (Å²) in [6.07, 6.45) is 0. The zero-order valence-electron chi connectivity index (χ0n) is 22.1. The zero-order chi connectivity index (χ0) is 27.2. The van der Waals surface area contributed by atoms with E-state index >= 15 is 0 Å². The van der Waals surface area contributed by atoms with E-state index in [2.05, 4.69) is 108 Å². The van der Waals surface area contributed by atoms with E-state index in [0.29, 0.717) is 5.82 Å². The maximum Gasteiger partial charge on any atom is 0.160 e. The predicted molar refractivity (Wildman–Crippen MR) is 168 cm³/mol. The Bertz CT molecular complexity index is 2140. The summed E-state index contributed by atoms with van der Waals surface area (Å²) in [5.41, 5.74) is 11.1. The number of benzene rings is 5. The van der Waals surface area contributed by atoms with Gasteiger partial charge in [-0.15, -0.1) is 0 Å². The van der Waals surface area contributed by atoms with E-state index in [1.54, 1.807) is 0 Å². The van der Waals surface area contributed by atoms with Crippen LogP contribution < -0.4 is 0 Å². The van der Waals surface area contributed by atoms with Crippen molar-refractivity contribution in [2.75, 3.05) is 0 Å². The van der Waals surface area contributed by atoms with Crippen molar-refractivity contribution >= 4 is 27.5 Å². The molecule has 192 valence electrons. The van der Waals surface area contributed by atoms with Gasteiger partial charge in [0.05, 0.1) is 39.1 Å². The number of hydrogen-bond donors (Lipinski definition) is 0. The first-order chi connectivity index (χ1) is 20.3. The third kappa shape index (κ3) is 4.05. The van der Waals surface area contributed by atoms with Gasteiger partial charge in [-0.3, -0.25) is 0 Å². The van der Waals surface area contributed by atoms with Gasteiger partial charge in [0.25, 0.3) is 0 Å². The minimum atomic E-state index is 0.685. The molecule has 41 heavy (non-hydrogen) atoms. The molecule has 0 aliphatic carbocycles. The second kappa shape index (κ2) is 9.54. The monoisotopic (exact) mass is 524 g/mol. The Morgan fingerprint density at radius 1 is 0.390 bits per heavy atom. The summed E-state index contributed by atoms with van der Waals surface area (Å²) < 4.78 is 2.32. The Morgan fingerprint density at radius 2 is 0.976 bits per heavy atom. The van der Waals surface area contributed by atoms with E-state index in [0.717, 1.165) is 55.9 Å². The van der Waals surface area contributed by atoms with Crippen LogP contribution in [0, 0.1) is 0 Å². The van der Waals surface area contributed by atoms with Crippen molar-refractivity contribution in [2.45, 2.75) is 0 Å². The molecular weight excluding hydrogens is 500 g/mol. The highest BCUT2D eigenvalue weighted by molar-refractivity contribution is 5.98. The van der Waals surface area contributed by atoms with Gasteiger partial charge < -0.3 is 4.40 Å². The van der Waals surface area contributed by atoms with Gasteiger partial charge in [0.1, 0.15) is 0 Å². The van der Waals surface area contributed by atoms with Gasteiger partial charge in [-0.1, -0.05) is 109 Å². The highest BCUT2D eigenvalue weighted by Gasteiger charge is 2.16. The fourth-order valence-corrected chi connectivity index (χ4v) is 5.62. The average Bonchev–Trinajstić information content (AvgIpc) is 3.45. The highest BCUT2D eigenvalue weighted by Crippen LogP contribution is 2.34. The summed E-state index contributed by atoms with van der Waals surface area (Å²) in [6, 6.07) is 50.1. The lowest BCUT2D eigenvalue weighted by Crippen LogP contribution is -1.97. The van der Waals surface area contributed by atoms with Crippen molar-refractivity contribution in [2.24, 2.45) is 0 Å². The van der Waals surface area contributed by atoms with Gasteiger partial charge in [0, 0.05) is 27.6 Å². The lowest BCUT2D eigenvalue weighted by atomic mass is 10.0. The van der Waals surface area contributed by atoms with Crippen molar-refractivity contribution in [3.8, 4) is 45.2 Å². The molecule has 0 saturated heterocycles. The molecule has 0 radical (unpaired) electrons. The minimum Gasteiger partial charge on any atom is -0.306 e. The number of para-hydroxylation sites is 3. The molecule has 0 aliphatic rings. The van der Waals surface area contributed by atoms with E-state index in [1.165, 1.54) is 10.9 Å². The van der Waals surface area contributed by atoms with Crippen LogP contribution >= 0.6 is 0 Å². The molecule has 4 heteroatoms. The lowest BCUT2D eigenvalue weighted by Gasteiger charge is -2.12. The second-order valence-electron chi connectivity index (χ2n) is 10.1. The molecule has 0 spiro atoms. The maximum absolute atomic E-state index is 5.17. The zero-order valence-corrected chi connectivity index (χ0v) is 22.1. The lowest BCUT2D eigenvalue weighted by molar-refractivity contribution is 1.18. The van der Waals surface area contributed by atoms with Crippen LogP contribution in [0.25, 0.3) is 72.6 Å². The normalized spacial score (nSPS) is 11.4. The van der Waals surface area contributed by atoms with Crippen LogP contribution in [0.2, 0.25) is 0 Å². The molecule has 3 heterocycles. The Kier molecular flexibility index (Phi) is 5.42. The summed E-state index contributed by atoms with van der Waals surface area (Å²) in [4.78, 5) is 15.3. The first-order valence-electron chi connectivity index (χ1n) is 13.7. The summed E-state index contributed by atoms with van der Waals surface area (Å²) in [6.45, 7) is 0. The third-order valence-electron chi connectivity index (χ3n) is 7.57. The molecule has 4 nitrogen and oxygen atoms in total. The van der Waals surface area contributed by atoms with Crippen LogP contribution in [0.3, 0.4) is 0 Å². The number of nitrogens with zero attached hydrogens (tertiary/aromatic N) is 4. The quantitative estimate of drug-likeness (QED) is 0.231. The second-order valence-corrected chi connectivity index (χ2v) is 10.1. The van der Waals surface area contributed by atoms with Crippen molar-refractivity contribution in [3.05, 3.63) is 146 Å². The summed E-state index contributed by atoms with van der Waals surface area (Å²) in [7, 11) is 0. The molecule has 0 atom stereocenters. The standard InChI is InChI=1S/C37H24N4/c1-3-12-25(13-4-1)31-24-32(26-14-5-2-6-15-26)40-37(39-31)29-18-11-17-28(22-29)36-35-23-27-16-7-9-20-33(27)41(35)34-21-10-8-19-30(34)38-36/h1-24H. The van der Waals surface area contributed by atoms with Crippen molar-refractivity contribution in [1.29, 1.82) is 0 Å². The first kappa shape index (κ1) is 23.3. The van der Waals surface area contributed by atoms with Gasteiger partial charge >= 0.3 is 0 Å². The molecule has 0 N–H and O–H groups in total. The van der Waals surface area contributed by atoms with E-state index < -0.39 is 0 Å². The van der Waals surface area contributed by atoms with E-state index in [4.69, 9.17) is 15.0 Å². The highest BCUT2D eigenvalue weighted by atomic mass is 14.9. The molecular formula is C37H24N4. The van der Waals surface area contributed by atoms with E-state index in [-0.39, 0.29) is 0 Å². The summed E-state index contributed by atoms with van der Waals surface area (Å²) in [5, 5.41) is 1.19. The Morgan fingerprint density at radius 3 is 1.71 bits per heavy atom. The van der Waals surface area contributed by atoms with Crippen LogP contribution in [0.15, 0.2) is 146 Å². The number of rotatable bonds is 4. The van der Waals surface area contributed by atoms with Crippen LogP contribution in [0.1, 0.15) is 0 Å². The fourth-order valence-electron chi connectivity index (χ4n) is 5.62. The molecule has 0 bridgehead atoms. The molecule has 5 aromatic carbocycles.